The molecular formula is C23H25N3. The number of anilines is 3. The Hall–Kier alpha value is -3.20. The van der Waals surface area contributed by atoms with Crippen molar-refractivity contribution in [2.45, 2.75) is 6.92 Å². The average molecular weight is 343 g/mol. The Morgan fingerprint density at radius 3 is 2.38 bits per heavy atom. The fraction of sp³-hybridized carbons (Fsp3) is 0.130. The molecule has 132 valence electrons. The van der Waals surface area contributed by atoms with Crippen molar-refractivity contribution in [3.8, 4) is 11.1 Å². The Balaban J connectivity index is 2.18. The first-order valence-electron chi connectivity index (χ1n) is 8.84. The van der Waals surface area contributed by atoms with Gasteiger partial charge >= 0.3 is 0 Å². The summed E-state index contributed by atoms with van der Waals surface area (Å²) in [4.78, 5) is 0. The standard InChI is InChI=1S/C23H25N3/c1-4-26-23-14-18(24)10-12-21(23)20-13-11-19(25-3)15-22(20)16(2)17-8-6-5-7-9-17/h5-15,25-26H,2,4,24H2,1,3H3. The number of hydrogen-bond acceptors (Lipinski definition) is 3. The molecule has 0 unspecified atom stereocenters. The van der Waals surface area contributed by atoms with Crippen molar-refractivity contribution in [1.29, 1.82) is 0 Å². The predicted octanol–water partition coefficient (Wildman–Crippen LogP) is 5.47. The van der Waals surface area contributed by atoms with E-state index >= 15 is 0 Å². The lowest BCUT2D eigenvalue weighted by atomic mass is 9.90. The minimum absolute atomic E-state index is 0.750. The maximum Gasteiger partial charge on any atom is 0.0440 e. The molecule has 0 bridgehead atoms. The molecule has 0 aliphatic rings. The molecule has 0 saturated heterocycles. The topological polar surface area (TPSA) is 50.1 Å². The van der Waals surface area contributed by atoms with E-state index in [1.807, 2.05) is 37.4 Å². The van der Waals surface area contributed by atoms with Gasteiger partial charge in [-0.1, -0.05) is 49.0 Å². The van der Waals surface area contributed by atoms with Crippen LogP contribution >= 0.6 is 0 Å². The van der Waals surface area contributed by atoms with Gasteiger partial charge in [0.15, 0.2) is 0 Å². The number of benzene rings is 3. The summed E-state index contributed by atoms with van der Waals surface area (Å²) in [7, 11) is 1.93. The maximum atomic E-state index is 6.00. The molecular weight excluding hydrogens is 318 g/mol. The first kappa shape index (κ1) is 17.6. The molecule has 0 atom stereocenters. The molecule has 0 heterocycles. The van der Waals surface area contributed by atoms with Crippen LogP contribution in [0, 0.1) is 0 Å². The van der Waals surface area contributed by atoms with Crippen LogP contribution < -0.4 is 16.4 Å². The van der Waals surface area contributed by atoms with Gasteiger partial charge in [-0.05, 0) is 53.5 Å². The molecule has 26 heavy (non-hydrogen) atoms. The van der Waals surface area contributed by atoms with Gasteiger partial charge in [0, 0.05) is 36.2 Å². The Morgan fingerprint density at radius 2 is 1.69 bits per heavy atom. The van der Waals surface area contributed by atoms with Crippen molar-refractivity contribution in [1.82, 2.24) is 0 Å². The van der Waals surface area contributed by atoms with Gasteiger partial charge in [-0.2, -0.15) is 0 Å². The van der Waals surface area contributed by atoms with Gasteiger partial charge in [0.05, 0.1) is 0 Å². The molecule has 3 nitrogen and oxygen atoms in total. The zero-order chi connectivity index (χ0) is 18.5. The number of nitrogens with two attached hydrogens (primary N) is 1. The Labute approximate surface area is 155 Å². The van der Waals surface area contributed by atoms with Crippen LogP contribution in [0.2, 0.25) is 0 Å². The number of nitrogen functional groups attached to an aromatic ring is 1. The zero-order valence-corrected chi connectivity index (χ0v) is 15.3. The van der Waals surface area contributed by atoms with Gasteiger partial charge in [0.1, 0.15) is 0 Å². The van der Waals surface area contributed by atoms with Crippen LogP contribution in [0.5, 0.6) is 0 Å². The number of hydrogen-bond donors (Lipinski definition) is 3. The summed E-state index contributed by atoms with van der Waals surface area (Å²) in [6.07, 6.45) is 0. The smallest absolute Gasteiger partial charge is 0.0440 e. The molecule has 4 N–H and O–H groups in total. The van der Waals surface area contributed by atoms with Crippen molar-refractivity contribution in [3.05, 3.63) is 84.4 Å². The van der Waals surface area contributed by atoms with Crippen LogP contribution in [0.15, 0.2) is 73.3 Å². The minimum atomic E-state index is 0.750. The summed E-state index contributed by atoms with van der Waals surface area (Å²) >= 11 is 0. The second kappa shape index (κ2) is 7.79. The molecule has 0 amide bonds. The van der Waals surface area contributed by atoms with Crippen LogP contribution in [0.1, 0.15) is 18.1 Å². The van der Waals surface area contributed by atoms with Gasteiger partial charge in [-0.15, -0.1) is 0 Å². The van der Waals surface area contributed by atoms with Crippen molar-refractivity contribution >= 4 is 22.6 Å². The van der Waals surface area contributed by atoms with E-state index in [0.717, 1.165) is 51.4 Å². The van der Waals surface area contributed by atoms with Gasteiger partial charge in [-0.3, -0.25) is 0 Å². The monoisotopic (exact) mass is 343 g/mol. The second-order valence-electron chi connectivity index (χ2n) is 6.19. The molecule has 0 aromatic heterocycles. The highest BCUT2D eigenvalue weighted by Gasteiger charge is 2.14. The highest BCUT2D eigenvalue weighted by molar-refractivity contribution is 5.93. The summed E-state index contributed by atoms with van der Waals surface area (Å²) in [5, 5.41) is 6.65. The number of rotatable bonds is 6. The second-order valence-corrected chi connectivity index (χ2v) is 6.19. The Kier molecular flexibility index (Phi) is 5.28. The van der Waals surface area contributed by atoms with E-state index < -0.39 is 0 Å². The van der Waals surface area contributed by atoms with E-state index in [4.69, 9.17) is 5.73 Å². The molecule has 0 fully saturated rings. The SMILES string of the molecule is C=C(c1ccccc1)c1cc(NC)ccc1-c1ccc(N)cc1NCC. The third-order valence-electron chi connectivity index (χ3n) is 4.46. The largest absolute Gasteiger partial charge is 0.399 e. The van der Waals surface area contributed by atoms with Crippen molar-refractivity contribution in [2.24, 2.45) is 0 Å². The van der Waals surface area contributed by atoms with E-state index in [2.05, 4.69) is 60.5 Å². The molecule has 0 aliphatic carbocycles. The highest BCUT2D eigenvalue weighted by atomic mass is 14.9. The van der Waals surface area contributed by atoms with Crippen molar-refractivity contribution in [2.75, 3.05) is 30.0 Å². The van der Waals surface area contributed by atoms with Crippen LogP contribution in [0.3, 0.4) is 0 Å². The van der Waals surface area contributed by atoms with Gasteiger partial charge in [-0.25, -0.2) is 0 Å². The van der Waals surface area contributed by atoms with Crippen molar-refractivity contribution < 1.29 is 0 Å². The molecule has 3 rings (SSSR count). The van der Waals surface area contributed by atoms with Crippen LogP contribution in [-0.2, 0) is 0 Å². The van der Waals surface area contributed by atoms with E-state index in [1.54, 1.807) is 0 Å². The Morgan fingerprint density at radius 1 is 0.962 bits per heavy atom. The van der Waals surface area contributed by atoms with Gasteiger partial charge in [0.2, 0.25) is 0 Å². The lowest BCUT2D eigenvalue weighted by Crippen LogP contribution is -2.02. The fourth-order valence-electron chi connectivity index (χ4n) is 3.11. The van der Waals surface area contributed by atoms with Crippen molar-refractivity contribution in [3.63, 3.8) is 0 Å². The molecule has 0 spiro atoms. The predicted molar refractivity (Wildman–Crippen MR) is 115 cm³/mol. The molecule has 3 aromatic carbocycles. The molecule has 3 aromatic rings. The van der Waals surface area contributed by atoms with E-state index in [-0.39, 0.29) is 0 Å². The highest BCUT2D eigenvalue weighted by Crippen LogP contribution is 2.38. The van der Waals surface area contributed by atoms with Crippen LogP contribution in [0.4, 0.5) is 17.1 Å². The first-order valence-corrected chi connectivity index (χ1v) is 8.84. The molecule has 0 saturated carbocycles. The molecule has 3 heteroatoms. The third kappa shape index (κ3) is 3.57. The van der Waals surface area contributed by atoms with Crippen LogP contribution in [0.25, 0.3) is 16.7 Å². The quantitative estimate of drug-likeness (QED) is 0.520. The van der Waals surface area contributed by atoms with E-state index in [1.165, 1.54) is 0 Å². The van der Waals surface area contributed by atoms with Gasteiger partial charge < -0.3 is 16.4 Å². The summed E-state index contributed by atoms with van der Waals surface area (Å²) in [6, 6.07) is 22.6. The first-order chi connectivity index (χ1) is 12.6. The third-order valence-corrected chi connectivity index (χ3v) is 4.46. The number of nitrogens with one attached hydrogen (secondary N) is 2. The summed E-state index contributed by atoms with van der Waals surface area (Å²) in [5.74, 6) is 0. The molecule has 0 aliphatic heterocycles. The lowest BCUT2D eigenvalue weighted by molar-refractivity contribution is 1.21. The summed E-state index contributed by atoms with van der Waals surface area (Å²) in [5.41, 5.74) is 14.3. The lowest BCUT2D eigenvalue weighted by Gasteiger charge is -2.18. The maximum absolute atomic E-state index is 6.00. The normalized spacial score (nSPS) is 10.4. The Bertz CT molecular complexity index is 914. The summed E-state index contributed by atoms with van der Waals surface area (Å²) < 4.78 is 0. The minimum Gasteiger partial charge on any atom is -0.399 e. The average Bonchev–Trinajstić information content (AvgIpc) is 2.68. The molecule has 0 radical (unpaired) electrons. The fourth-order valence-corrected chi connectivity index (χ4v) is 3.11. The van der Waals surface area contributed by atoms with E-state index in [0.29, 0.717) is 0 Å². The van der Waals surface area contributed by atoms with E-state index in [9.17, 15) is 0 Å². The zero-order valence-electron chi connectivity index (χ0n) is 15.3. The van der Waals surface area contributed by atoms with Gasteiger partial charge in [0.25, 0.3) is 0 Å². The summed E-state index contributed by atoms with van der Waals surface area (Å²) in [6.45, 7) is 7.29. The van der Waals surface area contributed by atoms with Crippen LogP contribution in [-0.4, -0.2) is 13.6 Å².